The molecule has 22 heavy (non-hydrogen) atoms. The van der Waals surface area contributed by atoms with Crippen molar-refractivity contribution in [3.8, 4) is 0 Å². The average Bonchev–Trinajstić information content (AvgIpc) is 2.46. The molecule has 0 aliphatic rings. The van der Waals surface area contributed by atoms with Crippen molar-refractivity contribution in [2.24, 2.45) is 0 Å². The van der Waals surface area contributed by atoms with Crippen LogP contribution in [0.15, 0.2) is 24.3 Å². The molecule has 0 spiro atoms. The highest BCUT2D eigenvalue weighted by Gasteiger charge is 2.19. The lowest BCUT2D eigenvalue weighted by molar-refractivity contribution is -0.149. The minimum absolute atomic E-state index is 0.369. The molecule has 1 aromatic rings. The molecule has 0 radical (unpaired) electrons. The number of ether oxygens (including phenoxy) is 2. The van der Waals surface area contributed by atoms with Gasteiger partial charge in [-0.1, -0.05) is 29.3 Å². The summed E-state index contributed by atoms with van der Waals surface area (Å²) < 4.78 is 9.08. The van der Waals surface area contributed by atoms with E-state index in [-0.39, 0.29) is 0 Å². The van der Waals surface area contributed by atoms with Crippen molar-refractivity contribution in [1.29, 1.82) is 0 Å². The molecule has 1 N–H and O–H groups in total. The topological polar surface area (TPSA) is 81.7 Å². The second-order valence-electron chi connectivity index (χ2n) is 4.03. The summed E-state index contributed by atoms with van der Waals surface area (Å²) in [6.45, 7) is 1.31. The Bertz CT molecular complexity index is 595. The van der Waals surface area contributed by atoms with Gasteiger partial charge in [-0.2, -0.15) is 0 Å². The monoisotopic (exact) mass is 345 g/mol. The van der Waals surface area contributed by atoms with E-state index in [1.165, 1.54) is 13.0 Å². The summed E-state index contributed by atoms with van der Waals surface area (Å²) in [5.41, 5.74) is 0.453. The normalized spacial score (nSPS) is 11.8. The van der Waals surface area contributed by atoms with E-state index in [0.29, 0.717) is 15.6 Å². The fourth-order valence-electron chi connectivity index (χ4n) is 1.34. The van der Waals surface area contributed by atoms with Crippen molar-refractivity contribution in [3.63, 3.8) is 0 Å². The third-order valence-electron chi connectivity index (χ3n) is 2.46. The summed E-state index contributed by atoms with van der Waals surface area (Å²) in [6, 6.07) is 4.90. The number of hydrogen-bond donors (Lipinski definition) is 1. The standard InChI is InChI=1S/C14H13Cl2NO5/c1-8(13(19)17-14(20)21-2)22-12(18)7-6-9-10(15)4-3-5-11(9)16/h3-8H,1-2H3,(H,17,19,20)/b7-6+/t8-/m1/s1. The Labute approximate surface area is 137 Å². The lowest BCUT2D eigenvalue weighted by Gasteiger charge is -2.10. The molecule has 1 rings (SSSR count). The maximum atomic E-state index is 11.6. The van der Waals surface area contributed by atoms with E-state index in [1.807, 2.05) is 5.32 Å². The Morgan fingerprint density at radius 2 is 1.82 bits per heavy atom. The maximum absolute atomic E-state index is 11.6. The number of imide groups is 1. The third kappa shape index (κ3) is 5.38. The second kappa shape index (κ2) is 8.41. The number of esters is 1. The Balaban J connectivity index is 2.64. The molecule has 1 atom stereocenters. The first-order chi connectivity index (χ1) is 10.3. The Morgan fingerprint density at radius 3 is 2.36 bits per heavy atom. The second-order valence-corrected chi connectivity index (χ2v) is 4.84. The Morgan fingerprint density at radius 1 is 1.23 bits per heavy atom. The van der Waals surface area contributed by atoms with Crippen LogP contribution in [0.1, 0.15) is 12.5 Å². The highest BCUT2D eigenvalue weighted by Crippen LogP contribution is 2.25. The van der Waals surface area contributed by atoms with Crippen molar-refractivity contribution in [2.45, 2.75) is 13.0 Å². The summed E-state index contributed by atoms with van der Waals surface area (Å²) in [5.74, 6) is -1.59. The highest BCUT2D eigenvalue weighted by molar-refractivity contribution is 6.37. The summed E-state index contributed by atoms with van der Waals surface area (Å²) in [7, 11) is 1.11. The predicted octanol–water partition coefficient (Wildman–Crippen LogP) is 2.82. The van der Waals surface area contributed by atoms with E-state index < -0.39 is 24.1 Å². The first-order valence-electron chi connectivity index (χ1n) is 6.06. The van der Waals surface area contributed by atoms with Crippen LogP contribution in [-0.4, -0.2) is 31.2 Å². The lowest BCUT2D eigenvalue weighted by Crippen LogP contribution is -2.39. The predicted molar refractivity (Wildman–Crippen MR) is 81.6 cm³/mol. The summed E-state index contributed by atoms with van der Waals surface area (Å²) in [6.07, 6.45) is 0.344. The first kappa shape index (κ1) is 18.0. The molecular formula is C14H13Cl2NO5. The molecule has 2 amide bonds. The summed E-state index contributed by atoms with van der Waals surface area (Å²) in [5, 5.41) is 2.62. The maximum Gasteiger partial charge on any atom is 0.413 e. The van der Waals surface area contributed by atoms with Crippen molar-refractivity contribution in [1.82, 2.24) is 5.32 Å². The quantitative estimate of drug-likeness (QED) is 0.670. The van der Waals surface area contributed by atoms with E-state index >= 15 is 0 Å². The van der Waals surface area contributed by atoms with Crippen molar-refractivity contribution in [3.05, 3.63) is 39.9 Å². The van der Waals surface area contributed by atoms with Gasteiger partial charge in [0, 0.05) is 21.7 Å². The number of benzene rings is 1. The van der Waals surface area contributed by atoms with Gasteiger partial charge in [-0.3, -0.25) is 10.1 Å². The number of halogens is 2. The highest BCUT2D eigenvalue weighted by atomic mass is 35.5. The van der Waals surface area contributed by atoms with Gasteiger partial charge in [0.25, 0.3) is 5.91 Å². The smallest absolute Gasteiger partial charge is 0.413 e. The molecule has 1 aromatic carbocycles. The van der Waals surface area contributed by atoms with Gasteiger partial charge in [0.15, 0.2) is 6.10 Å². The van der Waals surface area contributed by atoms with Gasteiger partial charge in [-0.05, 0) is 25.1 Å². The van der Waals surface area contributed by atoms with Crippen molar-refractivity contribution < 1.29 is 23.9 Å². The fourth-order valence-corrected chi connectivity index (χ4v) is 1.87. The molecule has 0 bridgehead atoms. The number of amides is 2. The summed E-state index contributed by atoms with van der Waals surface area (Å²) in [4.78, 5) is 34.0. The van der Waals surface area contributed by atoms with Crippen molar-refractivity contribution in [2.75, 3.05) is 7.11 Å². The van der Waals surface area contributed by atoms with Crippen molar-refractivity contribution >= 4 is 47.2 Å². The molecule has 0 unspecified atom stereocenters. The van der Waals surface area contributed by atoms with Crippen LogP contribution in [0.25, 0.3) is 6.08 Å². The van der Waals surface area contributed by atoms with Gasteiger partial charge in [0.2, 0.25) is 0 Å². The number of methoxy groups -OCH3 is 1. The molecule has 0 saturated carbocycles. The largest absolute Gasteiger partial charge is 0.453 e. The van der Waals surface area contributed by atoms with E-state index in [4.69, 9.17) is 27.9 Å². The molecule has 0 fully saturated rings. The zero-order valence-corrected chi connectivity index (χ0v) is 13.3. The van der Waals surface area contributed by atoms with Crippen LogP contribution in [0.3, 0.4) is 0 Å². The van der Waals surface area contributed by atoms with E-state index in [1.54, 1.807) is 18.2 Å². The van der Waals surface area contributed by atoms with Crippen LogP contribution in [0.5, 0.6) is 0 Å². The molecule has 0 aliphatic heterocycles. The third-order valence-corrected chi connectivity index (χ3v) is 3.12. The number of rotatable bonds is 4. The van der Waals surface area contributed by atoms with Crippen LogP contribution < -0.4 is 5.32 Å². The van der Waals surface area contributed by atoms with Gasteiger partial charge in [0.1, 0.15) is 0 Å². The van der Waals surface area contributed by atoms with Crippen LogP contribution >= 0.6 is 23.2 Å². The minimum Gasteiger partial charge on any atom is -0.453 e. The summed E-state index contributed by atoms with van der Waals surface area (Å²) >= 11 is 11.9. The van der Waals surface area contributed by atoms with E-state index in [9.17, 15) is 14.4 Å². The number of carbonyl (C=O) groups is 3. The molecule has 0 saturated heterocycles. The molecule has 0 aliphatic carbocycles. The SMILES string of the molecule is COC(=O)NC(=O)[C@@H](C)OC(=O)/C=C/c1c(Cl)cccc1Cl. The van der Waals surface area contributed by atoms with Gasteiger partial charge >= 0.3 is 12.1 Å². The molecule has 6 nitrogen and oxygen atoms in total. The average molecular weight is 346 g/mol. The van der Waals surface area contributed by atoms with Crippen LogP contribution in [0.2, 0.25) is 10.0 Å². The van der Waals surface area contributed by atoms with Crippen LogP contribution in [0, 0.1) is 0 Å². The molecule has 0 aromatic heterocycles. The van der Waals surface area contributed by atoms with Gasteiger partial charge in [-0.15, -0.1) is 0 Å². The minimum atomic E-state index is -1.17. The van der Waals surface area contributed by atoms with Gasteiger partial charge in [0.05, 0.1) is 7.11 Å². The Kier molecular flexibility index (Phi) is 6.88. The van der Waals surface area contributed by atoms with Crippen LogP contribution in [0.4, 0.5) is 4.79 Å². The van der Waals surface area contributed by atoms with Gasteiger partial charge in [-0.25, -0.2) is 9.59 Å². The first-order valence-corrected chi connectivity index (χ1v) is 6.82. The molecule has 118 valence electrons. The molecular weight excluding hydrogens is 333 g/mol. The number of hydrogen-bond acceptors (Lipinski definition) is 5. The molecule has 0 heterocycles. The number of carbonyl (C=O) groups excluding carboxylic acids is 3. The Hall–Kier alpha value is -2.05. The van der Waals surface area contributed by atoms with E-state index in [0.717, 1.165) is 13.2 Å². The van der Waals surface area contributed by atoms with E-state index in [2.05, 4.69) is 4.74 Å². The fraction of sp³-hybridized carbons (Fsp3) is 0.214. The lowest BCUT2D eigenvalue weighted by atomic mass is 10.2. The zero-order valence-electron chi connectivity index (χ0n) is 11.8. The number of nitrogens with one attached hydrogen (secondary N) is 1. The van der Waals surface area contributed by atoms with Gasteiger partial charge < -0.3 is 9.47 Å². The number of alkyl carbamates (subject to hydrolysis) is 1. The van der Waals surface area contributed by atoms with Crippen LogP contribution in [-0.2, 0) is 19.1 Å². The molecule has 8 heteroatoms. The zero-order chi connectivity index (χ0) is 16.7.